The summed E-state index contributed by atoms with van der Waals surface area (Å²) in [5.74, 6) is -0.776. The molecule has 1 N–H and O–H groups in total. The molecule has 0 aromatic carbocycles. The van der Waals surface area contributed by atoms with Gasteiger partial charge in [-0.3, -0.25) is 0 Å². The van der Waals surface area contributed by atoms with Gasteiger partial charge in [-0.15, -0.1) is 5.10 Å². The lowest BCUT2D eigenvalue weighted by Crippen LogP contribution is -2.18. The van der Waals surface area contributed by atoms with E-state index in [0.29, 0.717) is 5.56 Å². The van der Waals surface area contributed by atoms with Gasteiger partial charge >= 0.3 is 5.97 Å². The van der Waals surface area contributed by atoms with E-state index in [-0.39, 0.29) is 11.0 Å². The van der Waals surface area contributed by atoms with Gasteiger partial charge in [0.25, 0.3) is 0 Å². The predicted octanol–water partition coefficient (Wildman–Crippen LogP) is 1.23. The van der Waals surface area contributed by atoms with Crippen LogP contribution in [0.5, 0.6) is 0 Å². The molecular weight excluding hydrogens is 236 g/mol. The van der Waals surface area contributed by atoms with Crippen molar-refractivity contribution >= 4 is 17.6 Å². The number of halogens is 1. The van der Waals surface area contributed by atoms with E-state index < -0.39 is 12.0 Å². The maximum Gasteiger partial charge on any atom is 0.328 e. The smallest absolute Gasteiger partial charge is 0.328 e. The van der Waals surface area contributed by atoms with Gasteiger partial charge in [0.2, 0.25) is 5.22 Å². The first-order valence-corrected chi connectivity index (χ1v) is 4.73. The van der Waals surface area contributed by atoms with Crippen molar-refractivity contribution in [3.63, 3.8) is 0 Å². The van der Waals surface area contributed by atoms with Gasteiger partial charge in [-0.25, -0.2) is 9.48 Å². The Morgan fingerprint density at radius 3 is 3.00 bits per heavy atom. The maximum absolute atomic E-state index is 10.8. The van der Waals surface area contributed by atoms with Crippen LogP contribution in [0.1, 0.15) is 13.0 Å². The monoisotopic (exact) mass is 242 g/mol. The maximum atomic E-state index is 10.8. The molecule has 7 nitrogen and oxygen atoms in total. The quantitative estimate of drug-likeness (QED) is 0.870. The van der Waals surface area contributed by atoms with E-state index >= 15 is 0 Å². The third-order valence-corrected chi connectivity index (χ3v) is 2.37. The number of carboxylic acids is 1. The summed E-state index contributed by atoms with van der Waals surface area (Å²) >= 11 is 5.76. The first-order valence-electron chi connectivity index (χ1n) is 4.35. The van der Waals surface area contributed by atoms with Crippen molar-refractivity contribution in [3.05, 3.63) is 17.5 Å². The van der Waals surface area contributed by atoms with Crippen molar-refractivity contribution in [3.8, 4) is 11.4 Å². The molecule has 0 radical (unpaired) electrons. The van der Waals surface area contributed by atoms with Gasteiger partial charge in [0.05, 0.1) is 11.8 Å². The fourth-order valence-corrected chi connectivity index (χ4v) is 1.39. The number of furan rings is 1. The van der Waals surface area contributed by atoms with Crippen LogP contribution in [-0.4, -0.2) is 31.3 Å². The van der Waals surface area contributed by atoms with Gasteiger partial charge < -0.3 is 9.52 Å². The normalized spacial score (nSPS) is 12.6. The molecule has 1 unspecified atom stereocenters. The highest BCUT2D eigenvalue weighted by atomic mass is 35.5. The Labute approximate surface area is 94.6 Å². The number of rotatable bonds is 3. The molecule has 2 rings (SSSR count). The van der Waals surface area contributed by atoms with E-state index in [1.807, 2.05) is 0 Å². The SMILES string of the molecule is CC(C(=O)O)n1nnnc1-c1ccoc1Cl. The Balaban J connectivity index is 2.48. The molecular formula is C8H7ClN4O3. The number of aliphatic carboxylic acids is 1. The van der Waals surface area contributed by atoms with E-state index in [0.717, 1.165) is 0 Å². The standard InChI is InChI=1S/C8H7ClN4O3/c1-4(8(14)15)13-7(10-11-12-13)5-2-3-16-6(5)9/h2-4H,1H3,(H,14,15). The number of carboxylic acid groups (broad SMARTS) is 1. The highest BCUT2D eigenvalue weighted by Crippen LogP contribution is 2.27. The van der Waals surface area contributed by atoms with Crippen LogP contribution in [0.25, 0.3) is 11.4 Å². The Morgan fingerprint density at radius 2 is 2.44 bits per heavy atom. The predicted molar refractivity (Wildman–Crippen MR) is 52.9 cm³/mol. The van der Waals surface area contributed by atoms with Crippen molar-refractivity contribution in [1.29, 1.82) is 0 Å². The molecule has 0 aliphatic carbocycles. The van der Waals surface area contributed by atoms with Crippen molar-refractivity contribution in [1.82, 2.24) is 20.2 Å². The van der Waals surface area contributed by atoms with Crippen LogP contribution in [0.4, 0.5) is 0 Å². The summed E-state index contributed by atoms with van der Waals surface area (Å²) in [5.41, 5.74) is 0.458. The average molecular weight is 243 g/mol. The summed E-state index contributed by atoms with van der Waals surface area (Å²) in [6.07, 6.45) is 1.38. The molecule has 2 aromatic heterocycles. The second-order valence-corrected chi connectivity index (χ2v) is 3.41. The van der Waals surface area contributed by atoms with E-state index in [9.17, 15) is 4.79 Å². The second kappa shape index (κ2) is 3.93. The molecule has 84 valence electrons. The van der Waals surface area contributed by atoms with Gasteiger partial charge in [-0.1, -0.05) is 0 Å². The molecule has 0 aliphatic heterocycles. The van der Waals surface area contributed by atoms with Crippen molar-refractivity contribution < 1.29 is 14.3 Å². The summed E-state index contributed by atoms with van der Waals surface area (Å²) < 4.78 is 6.06. The third-order valence-electron chi connectivity index (χ3n) is 2.08. The van der Waals surface area contributed by atoms with Crippen LogP contribution in [0.3, 0.4) is 0 Å². The lowest BCUT2D eigenvalue weighted by Gasteiger charge is -2.07. The Bertz CT molecular complexity index is 521. The lowest BCUT2D eigenvalue weighted by molar-refractivity contribution is -0.140. The average Bonchev–Trinajstić information content (AvgIpc) is 2.84. The molecule has 2 heterocycles. The second-order valence-electron chi connectivity index (χ2n) is 3.07. The molecule has 0 aliphatic rings. The zero-order valence-corrected chi connectivity index (χ0v) is 8.92. The minimum absolute atomic E-state index is 0.119. The van der Waals surface area contributed by atoms with Crippen molar-refractivity contribution in [2.24, 2.45) is 0 Å². The third kappa shape index (κ3) is 1.65. The first kappa shape index (κ1) is 10.6. The van der Waals surface area contributed by atoms with Crippen LogP contribution in [0, 0.1) is 0 Å². The molecule has 8 heteroatoms. The molecule has 2 aromatic rings. The highest BCUT2D eigenvalue weighted by molar-refractivity contribution is 6.31. The van der Waals surface area contributed by atoms with Crippen LogP contribution < -0.4 is 0 Å². The summed E-state index contributed by atoms with van der Waals surface area (Å²) in [4.78, 5) is 10.8. The highest BCUT2D eigenvalue weighted by Gasteiger charge is 2.22. The molecule has 1 atom stereocenters. The topological polar surface area (TPSA) is 94.0 Å². The van der Waals surface area contributed by atoms with E-state index in [4.69, 9.17) is 21.1 Å². The van der Waals surface area contributed by atoms with Gasteiger partial charge in [0, 0.05) is 0 Å². The van der Waals surface area contributed by atoms with E-state index in [1.165, 1.54) is 17.9 Å². The lowest BCUT2D eigenvalue weighted by atomic mass is 10.3. The van der Waals surface area contributed by atoms with Gasteiger partial charge in [-0.05, 0) is 35.0 Å². The summed E-state index contributed by atoms with van der Waals surface area (Å²) in [7, 11) is 0. The number of nitrogens with zero attached hydrogens (tertiary/aromatic N) is 4. The summed E-state index contributed by atoms with van der Waals surface area (Å²) in [5, 5.41) is 19.7. The molecule has 0 saturated heterocycles. The molecule has 0 spiro atoms. The number of hydrogen-bond donors (Lipinski definition) is 1. The molecule has 0 fully saturated rings. The number of aromatic nitrogens is 4. The van der Waals surface area contributed by atoms with E-state index in [1.54, 1.807) is 6.07 Å². The molecule has 0 bridgehead atoms. The van der Waals surface area contributed by atoms with Crippen molar-refractivity contribution in [2.45, 2.75) is 13.0 Å². The van der Waals surface area contributed by atoms with Crippen LogP contribution in [0.2, 0.25) is 5.22 Å². The van der Waals surface area contributed by atoms with E-state index in [2.05, 4.69) is 15.5 Å². The molecule has 0 amide bonds. The zero-order chi connectivity index (χ0) is 11.7. The number of hydrogen-bond acceptors (Lipinski definition) is 5. The summed E-state index contributed by atoms with van der Waals surface area (Å²) in [6.45, 7) is 1.47. The Hall–Kier alpha value is -1.89. The van der Waals surface area contributed by atoms with Crippen LogP contribution in [0.15, 0.2) is 16.7 Å². The minimum atomic E-state index is -1.03. The molecule has 0 saturated carbocycles. The number of carbonyl (C=O) groups is 1. The zero-order valence-electron chi connectivity index (χ0n) is 8.16. The first-order chi connectivity index (χ1) is 7.61. The fraction of sp³-hybridized carbons (Fsp3) is 0.250. The van der Waals surface area contributed by atoms with Crippen molar-refractivity contribution in [2.75, 3.05) is 0 Å². The van der Waals surface area contributed by atoms with Gasteiger partial charge in [-0.2, -0.15) is 0 Å². The molecule has 16 heavy (non-hydrogen) atoms. The largest absolute Gasteiger partial charge is 0.480 e. The fourth-order valence-electron chi connectivity index (χ4n) is 1.19. The van der Waals surface area contributed by atoms with Gasteiger partial charge in [0.15, 0.2) is 11.9 Å². The number of tetrazole rings is 1. The van der Waals surface area contributed by atoms with Crippen LogP contribution in [-0.2, 0) is 4.79 Å². The van der Waals surface area contributed by atoms with Crippen LogP contribution >= 0.6 is 11.6 Å². The Morgan fingerprint density at radius 1 is 1.69 bits per heavy atom. The Kier molecular flexibility index (Phi) is 2.61. The minimum Gasteiger partial charge on any atom is -0.480 e. The summed E-state index contributed by atoms with van der Waals surface area (Å²) in [6, 6.07) is 0.690. The van der Waals surface area contributed by atoms with Gasteiger partial charge in [0.1, 0.15) is 0 Å².